The third kappa shape index (κ3) is 2.59. The molecule has 1 aromatic heterocycles. The molecule has 0 spiro atoms. The molecule has 0 saturated carbocycles. The number of benzene rings is 1. The predicted molar refractivity (Wildman–Crippen MR) is 68.1 cm³/mol. The van der Waals surface area contributed by atoms with Crippen LogP contribution in [0.2, 0.25) is 0 Å². The van der Waals surface area contributed by atoms with E-state index in [0.717, 1.165) is 12.1 Å². The number of nitrogens with zero attached hydrogens (tertiary/aromatic N) is 3. The molecule has 9 heteroatoms. The van der Waals surface area contributed by atoms with Crippen molar-refractivity contribution in [1.29, 1.82) is 0 Å². The molecule has 0 aliphatic carbocycles. The van der Waals surface area contributed by atoms with E-state index in [4.69, 9.17) is 10.3 Å². The van der Waals surface area contributed by atoms with E-state index in [0.29, 0.717) is 6.42 Å². The zero-order chi connectivity index (χ0) is 15.8. The average Bonchev–Trinajstić information content (AvgIpc) is 2.88. The molecule has 0 aliphatic rings. The van der Waals surface area contributed by atoms with Crippen LogP contribution in [0.3, 0.4) is 0 Å². The summed E-state index contributed by atoms with van der Waals surface area (Å²) in [6, 6.07) is 1.49. The molecule has 1 aromatic carbocycles. The summed E-state index contributed by atoms with van der Waals surface area (Å²) in [5.74, 6) is -2.84. The Hall–Kier alpha value is -2.42. The summed E-state index contributed by atoms with van der Waals surface area (Å²) < 4.78 is 32.6. The summed E-state index contributed by atoms with van der Waals surface area (Å²) in [5, 5.41) is 14.3. The molecule has 2 N–H and O–H groups in total. The Morgan fingerprint density at radius 2 is 2.14 bits per heavy atom. The van der Waals surface area contributed by atoms with Crippen molar-refractivity contribution in [2.24, 2.45) is 5.73 Å². The highest BCUT2D eigenvalue weighted by atomic mass is 19.1. The molecule has 0 amide bonds. The van der Waals surface area contributed by atoms with Gasteiger partial charge in [0.15, 0.2) is 5.82 Å². The van der Waals surface area contributed by atoms with Crippen LogP contribution in [0.15, 0.2) is 16.7 Å². The van der Waals surface area contributed by atoms with Crippen molar-refractivity contribution in [3.05, 3.63) is 39.7 Å². The van der Waals surface area contributed by atoms with Crippen LogP contribution in [0.5, 0.6) is 0 Å². The van der Waals surface area contributed by atoms with Crippen LogP contribution in [0.1, 0.15) is 26.1 Å². The van der Waals surface area contributed by atoms with E-state index in [1.165, 1.54) is 0 Å². The van der Waals surface area contributed by atoms with Crippen molar-refractivity contribution < 1.29 is 18.2 Å². The Labute approximate surface area is 117 Å². The van der Waals surface area contributed by atoms with Gasteiger partial charge in [0.25, 0.3) is 5.89 Å². The SMILES string of the molecule is CCC(C)(N)c1noc(-c2c(F)ccc([N+](=O)[O-])c2F)n1. The number of hydrogen-bond acceptors (Lipinski definition) is 6. The van der Waals surface area contributed by atoms with Gasteiger partial charge in [0.05, 0.1) is 10.5 Å². The Morgan fingerprint density at radius 1 is 1.48 bits per heavy atom. The number of hydrogen-bond donors (Lipinski definition) is 1. The third-order valence-corrected chi connectivity index (χ3v) is 3.15. The lowest BCUT2D eigenvalue weighted by molar-refractivity contribution is -0.387. The molecule has 0 bridgehead atoms. The highest BCUT2D eigenvalue weighted by molar-refractivity contribution is 5.60. The number of rotatable bonds is 4. The number of aromatic nitrogens is 2. The summed E-state index contributed by atoms with van der Waals surface area (Å²) >= 11 is 0. The molecule has 1 atom stereocenters. The fourth-order valence-corrected chi connectivity index (χ4v) is 1.59. The van der Waals surface area contributed by atoms with E-state index in [1.807, 2.05) is 0 Å². The molecule has 0 radical (unpaired) electrons. The normalized spacial score (nSPS) is 14.0. The van der Waals surface area contributed by atoms with Gasteiger partial charge in [-0.1, -0.05) is 12.1 Å². The summed E-state index contributed by atoms with van der Waals surface area (Å²) in [5.41, 5.74) is 3.35. The van der Waals surface area contributed by atoms with Crippen LogP contribution in [-0.2, 0) is 5.54 Å². The Kier molecular flexibility index (Phi) is 3.69. The van der Waals surface area contributed by atoms with Gasteiger partial charge in [-0.2, -0.15) is 9.37 Å². The maximum Gasteiger partial charge on any atom is 0.305 e. The minimum absolute atomic E-state index is 0.0605. The Bertz CT molecular complexity index is 700. The topological polar surface area (TPSA) is 108 Å². The van der Waals surface area contributed by atoms with Crippen molar-refractivity contribution >= 4 is 5.69 Å². The van der Waals surface area contributed by atoms with Gasteiger partial charge in [-0.25, -0.2) is 4.39 Å². The molecule has 21 heavy (non-hydrogen) atoms. The minimum Gasteiger partial charge on any atom is -0.334 e. The number of nitro groups is 1. The van der Waals surface area contributed by atoms with Crippen molar-refractivity contribution in [2.45, 2.75) is 25.8 Å². The standard InChI is InChI=1S/C12H12F2N4O3/c1-3-12(2,15)11-16-10(21-17-11)8-6(13)4-5-7(9(8)14)18(19)20/h4-5H,3,15H2,1-2H3. The van der Waals surface area contributed by atoms with E-state index < -0.39 is 39.2 Å². The Morgan fingerprint density at radius 3 is 2.71 bits per heavy atom. The fraction of sp³-hybridized carbons (Fsp3) is 0.333. The van der Waals surface area contributed by atoms with Crippen molar-refractivity contribution in [3.8, 4) is 11.5 Å². The number of nitrogens with two attached hydrogens (primary N) is 1. The molecule has 2 aromatic rings. The highest BCUT2D eigenvalue weighted by Gasteiger charge is 2.30. The second-order valence-electron chi connectivity index (χ2n) is 4.71. The molecular weight excluding hydrogens is 286 g/mol. The smallest absolute Gasteiger partial charge is 0.305 e. The molecule has 0 saturated heterocycles. The van der Waals surface area contributed by atoms with Crippen molar-refractivity contribution in [3.63, 3.8) is 0 Å². The second kappa shape index (κ2) is 5.17. The fourth-order valence-electron chi connectivity index (χ4n) is 1.59. The lowest BCUT2D eigenvalue weighted by Crippen LogP contribution is -2.33. The van der Waals surface area contributed by atoms with Gasteiger partial charge in [0.2, 0.25) is 5.82 Å². The molecule has 0 aliphatic heterocycles. The summed E-state index contributed by atoms with van der Waals surface area (Å²) in [7, 11) is 0. The zero-order valence-electron chi connectivity index (χ0n) is 11.3. The third-order valence-electron chi connectivity index (χ3n) is 3.15. The summed E-state index contributed by atoms with van der Waals surface area (Å²) in [4.78, 5) is 13.6. The first-order chi connectivity index (χ1) is 9.77. The minimum atomic E-state index is -1.37. The van der Waals surface area contributed by atoms with Gasteiger partial charge < -0.3 is 10.3 Å². The second-order valence-corrected chi connectivity index (χ2v) is 4.71. The van der Waals surface area contributed by atoms with Crippen LogP contribution >= 0.6 is 0 Å². The van der Waals surface area contributed by atoms with Gasteiger partial charge in [0, 0.05) is 6.07 Å². The highest BCUT2D eigenvalue weighted by Crippen LogP contribution is 2.31. The van der Waals surface area contributed by atoms with Gasteiger partial charge in [-0.05, 0) is 19.4 Å². The number of halogens is 2. The van der Waals surface area contributed by atoms with Gasteiger partial charge in [-0.3, -0.25) is 10.1 Å². The van der Waals surface area contributed by atoms with Crippen molar-refractivity contribution in [2.75, 3.05) is 0 Å². The van der Waals surface area contributed by atoms with E-state index in [-0.39, 0.29) is 5.82 Å². The molecule has 0 fully saturated rings. The van der Waals surface area contributed by atoms with E-state index >= 15 is 0 Å². The average molecular weight is 298 g/mol. The first kappa shape index (κ1) is 15.0. The predicted octanol–water partition coefficient (Wildman–Crippen LogP) is 2.51. The molecule has 1 heterocycles. The molecular formula is C12H12F2N4O3. The maximum absolute atomic E-state index is 14.0. The van der Waals surface area contributed by atoms with Gasteiger partial charge >= 0.3 is 5.69 Å². The van der Waals surface area contributed by atoms with E-state index in [1.54, 1.807) is 13.8 Å². The van der Waals surface area contributed by atoms with Crippen molar-refractivity contribution in [1.82, 2.24) is 10.1 Å². The first-order valence-corrected chi connectivity index (χ1v) is 6.03. The first-order valence-electron chi connectivity index (χ1n) is 6.03. The maximum atomic E-state index is 14.0. The summed E-state index contributed by atoms with van der Waals surface area (Å²) in [6.45, 7) is 3.41. The van der Waals surface area contributed by atoms with Crippen LogP contribution in [0.25, 0.3) is 11.5 Å². The van der Waals surface area contributed by atoms with Crippen LogP contribution in [0.4, 0.5) is 14.5 Å². The summed E-state index contributed by atoms with van der Waals surface area (Å²) in [6.07, 6.45) is 0.464. The lowest BCUT2D eigenvalue weighted by atomic mass is 10.00. The number of nitro benzene ring substituents is 1. The van der Waals surface area contributed by atoms with Gasteiger partial charge in [0.1, 0.15) is 11.4 Å². The molecule has 112 valence electrons. The largest absolute Gasteiger partial charge is 0.334 e. The lowest BCUT2D eigenvalue weighted by Gasteiger charge is -2.16. The molecule has 2 rings (SSSR count). The quantitative estimate of drug-likeness (QED) is 0.686. The molecule has 7 nitrogen and oxygen atoms in total. The van der Waals surface area contributed by atoms with Gasteiger partial charge in [-0.15, -0.1) is 0 Å². The Balaban J connectivity index is 2.58. The van der Waals surface area contributed by atoms with Crippen LogP contribution < -0.4 is 5.73 Å². The molecule has 1 unspecified atom stereocenters. The van der Waals surface area contributed by atoms with E-state index in [9.17, 15) is 18.9 Å². The zero-order valence-corrected chi connectivity index (χ0v) is 11.3. The van der Waals surface area contributed by atoms with E-state index in [2.05, 4.69) is 10.1 Å². The van der Waals surface area contributed by atoms with Crippen LogP contribution in [-0.4, -0.2) is 15.1 Å². The van der Waals surface area contributed by atoms with Crippen LogP contribution in [0, 0.1) is 21.7 Å². The monoisotopic (exact) mass is 298 g/mol.